The highest BCUT2D eigenvalue weighted by molar-refractivity contribution is 5.98. The summed E-state index contributed by atoms with van der Waals surface area (Å²) in [5, 5.41) is 10.8. The average molecular weight is 225 g/mol. The molecule has 0 aliphatic carbocycles. The number of aryl methyl sites for hydroxylation is 1. The second-order valence-corrected chi connectivity index (χ2v) is 3.53. The molecule has 0 bridgehead atoms. The first-order valence-electron chi connectivity index (χ1n) is 4.74. The quantitative estimate of drug-likeness (QED) is 0.583. The Balaban J connectivity index is 2.17. The Labute approximate surface area is 91.2 Å². The number of hydrogen-bond donors (Lipinski definition) is 0. The number of carbonyl (C=O) groups is 2. The van der Waals surface area contributed by atoms with Crippen LogP contribution >= 0.6 is 0 Å². The third-order valence-corrected chi connectivity index (χ3v) is 2.50. The van der Waals surface area contributed by atoms with E-state index in [0.29, 0.717) is 5.95 Å². The van der Waals surface area contributed by atoms with Gasteiger partial charge in [0, 0.05) is 20.0 Å². The molecule has 1 aliphatic heterocycles. The molecule has 1 unspecified atom stereocenters. The first kappa shape index (κ1) is 10.5. The number of carbonyl (C=O) groups excluding carboxylic acids is 2. The molecule has 1 aromatic heterocycles. The van der Waals surface area contributed by atoms with Crippen LogP contribution in [0.4, 0.5) is 5.95 Å². The van der Waals surface area contributed by atoms with E-state index in [4.69, 9.17) is 0 Å². The zero-order valence-electron chi connectivity index (χ0n) is 8.95. The maximum atomic E-state index is 11.7. The lowest BCUT2D eigenvalue weighted by molar-refractivity contribution is -0.145. The minimum absolute atomic E-state index is 0.138. The van der Waals surface area contributed by atoms with Gasteiger partial charge in [-0.3, -0.25) is 14.5 Å². The van der Waals surface area contributed by atoms with E-state index in [1.165, 1.54) is 16.7 Å². The highest BCUT2D eigenvalue weighted by Gasteiger charge is 2.37. The first-order valence-corrected chi connectivity index (χ1v) is 4.74. The van der Waals surface area contributed by atoms with Gasteiger partial charge in [0.05, 0.1) is 13.0 Å². The van der Waals surface area contributed by atoms with Gasteiger partial charge in [0.15, 0.2) is 0 Å². The van der Waals surface area contributed by atoms with Gasteiger partial charge in [0.2, 0.25) is 5.91 Å². The van der Waals surface area contributed by atoms with Gasteiger partial charge in [-0.25, -0.2) is 4.68 Å². The summed E-state index contributed by atoms with van der Waals surface area (Å²) in [6.45, 7) is 0.264. The van der Waals surface area contributed by atoms with Crippen LogP contribution in [0.15, 0.2) is 0 Å². The molecule has 8 heteroatoms. The fourth-order valence-corrected chi connectivity index (χ4v) is 1.68. The van der Waals surface area contributed by atoms with E-state index in [0.717, 1.165) is 0 Å². The van der Waals surface area contributed by atoms with Crippen LogP contribution in [0.5, 0.6) is 0 Å². The summed E-state index contributed by atoms with van der Waals surface area (Å²) in [6, 6.07) is 0. The molecule has 0 spiro atoms. The molecule has 86 valence electrons. The van der Waals surface area contributed by atoms with E-state index in [-0.39, 0.29) is 24.8 Å². The summed E-state index contributed by atoms with van der Waals surface area (Å²) in [4.78, 5) is 24.4. The summed E-state index contributed by atoms with van der Waals surface area (Å²) in [7, 11) is 2.94. The predicted octanol–water partition coefficient (Wildman–Crippen LogP) is -1.26. The summed E-state index contributed by atoms with van der Waals surface area (Å²) < 4.78 is 5.99. The molecule has 1 aromatic rings. The molecule has 1 aliphatic rings. The highest BCUT2D eigenvalue weighted by atomic mass is 16.5. The Morgan fingerprint density at radius 3 is 2.88 bits per heavy atom. The predicted molar refractivity (Wildman–Crippen MR) is 51.3 cm³/mol. The Kier molecular flexibility index (Phi) is 2.55. The second kappa shape index (κ2) is 3.87. The zero-order chi connectivity index (χ0) is 11.7. The van der Waals surface area contributed by atoms with Crippen molar-refractivity contribution in [3.05, 3.63) is 0 Å². The molecule has 0 radical (unpaired) electrons. The van der Waals surface area contributed by atoms with Crippen LogP contribution in [-0.2, 0) is 21.4 Å². The van der Waals surface area contributed by atoms with E-state index in [9.17, 15) is 9.59 Å². The van der Waals surface area contributed by atoms with E-state index in [2.05, 4.69) is 20.3 Å². The van der Waals surface area contributed by atoms with Gasteiger partial charge < -0.3 is 4.74 Å². The molecular formula is C8H11N5O3. The number of tetrazole rings is 1. The van der Waals surface area contributed by atoms with Gasteiger partial charge in [-0.2, -0.15) is 0 Å². The SMILES string of the molecule is COC(=O)C1CC(=O)N(c2nnnn2C)C1. The van der Waals surface area contributed by atoms with Crippen molar-refractivity contribution < 1.29 is 14.3 Å². The third kappa shape index (κ3) is 1.62. The highest BCUT2D eigenvalue weighted by Crippen LogP contribution is 2.22. The lowest BCUT2D eigenvalue weighted by Gasteiger charge is -2.12. The molecule has 0 saturated carbocycles. The maximum absolute atomic E-state index is 11.7. The first-order chi connectivity index (χ1) is 7.63. The summed E-state index contributed by atoms with van der Waals surface area (Å²) in [6.07, 6.45) is 0.138. The van der Waals surface area contributed by atoms with E-state index < -0.39 is 5.92 Å². The number of ether oxygens (including phenoxy) is 1. The van der Waals surface area contributed by atoms with Crippen molar-refractivity contribution in [2.24, 2.45) is 13.0 Å². The topological polar surface area (TPSA) is 90.2 Å². The molecule has 2 rings (SSSR count). The molecule has 8 nitrogen and oxygen atoms in total. The van der Waals surface area contributed by atoms with Gasteiger partial charge in [-0.15, -0.1) is 0 Å². The van der Waals surface area contributed by atoms with Crippen LogP contribution in [0.1, 0.15) is 6.42 Å². The van der Waals surface area contributed by atoms with Crippen molar-refractivity contribution in [1.29, 1.82) is 0 Å². The van der Waals surface area contributed by atoms with Crippen molar-refractivity contribution >= 4 is 17.8 Å². The van der Waals surface area contributed by atoms with E-state index >= 15 is 0 Å². The van der Waals surface area contributed by atoms with Crippen molar-refractivity contribution in [2.75, 3.05) is 18.6 Å². The second-order valence-electron chi connectivity index (χ2n) is 3.53. The van der Waals surface area contributed by atoms with Crippen LogP contribution in [0.25, 0.3) is 0 Å². The Bertz CT molecular complexity index is 429. The lowest BCUT2D eigenvalue weighted by atomic mass is 10.1. The third-order valence-electron chi connectivity index (χ3n) is 2.50. The van der Waals surface area contributed by atoms with Gasteiger partial charge in [0.1, 0.15) is 0 Å². The lowest BCUT2D eigenvalue weighted by Crippen LogP contribution is -2.28. The number of esters is 1. The molecule has 1 amide bonds. The summed E-state index contributed by atoms with van der Waals surface area (Å²) in [5.41, 5.74) is 0. The molecule has 1 saturated heterocycles. The number of amides is 1. The van der Waals surface area contributed by atoms with E-state index in [1.54, 1.807) is 7.05 Å². The van der Waals surface area contributed by atoms with E-state index in [1.807, 2.05) is 0 Å². The number of hydrogen-bond acceptors (Lipinski definition) is 6. The molecule has 2 heterocycles. The molecular weight excluding hydrogens is 214 g/mol. The molecule has 1 fully saturated rings. The largest absolute Gasteiger partial charge is 0.469 e. The standard InChI is InChI=1S/C8H11N5O3/c1-12-8(9-10-11-12)13-4-5(3-6(13)14)7(15)16-2/h5H,3-4H2,1-2H3. The van der Waals surface area contributed by atoms with Crippen molar-refractivity contribution in [3.8, 4) is 0 Å². The Hall–Kier alpha value is -1.99. The number of rotatable bonds is 2. The number of anilines is 1. The van der Waals surface area contributed by atoms with Gasteiger partial charge in [-0.1, -0.05) is 5.10 Å². The summed E-state index contributed by atoms with van der Waals surface area (Å²) in [5.74, 6) is -0.648. The van der Waals surface area contributed by atoms with Gasteiger partial charge in [-0.05, 0) is 10.4 Å². The summed E-state index contributed by atoms with van der Waals surface area (Å²) >= 11 is 0. The molecule has 16 heavy (non-hydrogen) atoms. The van der Waals surface area contributed by atoms with Gasteiger partial charge in [0.25, 0.3) is 5.95 Å². The fraction of sp³-hybridized carbons (Fsp3) is 0.625. The number of methoxy groups -OCH3 is 1. The average Bonchev–Trinajstić information content (AvgIpc) is 2.83. The monoisotopic (exact) mass is 225 g/mol. The van der Waals surface area contributed by atoms with Crippen LogP contribution < -0.4 is 4.90 Å². The molecule has 0 aromatic carbocycles. The van der Waals surface area contributed by atoms with Crippen LogP contribution in [0, 0.1) is 5.92 Å². The normalized spacial score (nSPS) is 20.2. The molecule has 0 N–H and O–H groups in total. The fourth-order valence-electron chi connectivity index (χ4n) is 1.68. The smallest absolute Gasteiger partial charge is 0.311 e. The zero-order valence-corrected chi connectivity index (χ0v) is 8.95. The van der Waals surface area contributed by atoms with Crippen LogP contribution in [-0.4, -0.2) is 45.7 Å². The van der Waals surface area contributed by atoms with Gasteiger partial charge >= 0.3 is 5.97 Å². The van der Waals surface area contributed by atoms with Crippen molar-refractivity contribution in [3.63, 3.8) is 0 Å². The minimum Gasteiger partial charge on any atom is -0.469 e. The van der Waals surface area contributed by atoms with Crippen LogP contribution in [0.3, 0.4) is 0 Å². The Morgan fingerprint density at radius 1 is 1.56 bits per heavy atom. The maximum Gasteiger partial charge on any atom is 0.311 e. The van der Waals surface area contributed by atoms with Crippen LogP contribution in [0.2, 0.25) is 0 Å². The van der Waals surface area contributed by atoms with Crippen molar-refractivity contribution in [1.82, 2.24) is 20.2 Å². The number of aromatic nitrogens is 4. The Morgan fingerprint density at radius 2 is 2.31 bits per heavy atom. The van der Waals surface area contributed by atoms with Crippen molar-refractivity contribution in [2.45, 2.75) is 6.42 Å². The minimum atomic E-state index is -0.436. The number of nitrogens with zero attached hydrogens (tertiary/aromatic N) is 5. The molecule has 1 atom stereocenters.